The van der Waals surface area contributed by atoms with E-state index in [0.717, 1.165) is 11.1 Å². The highest BCUT2D eigenvalue weighted by atomic mass is 35.5. The Hall–Kier alpha value is -2.02. The number of fused-ring (bicyclic) bond motifs is 1. The molecule has 0 saturated heterocycles. The molecule has 1 atom stereocenters. The summed E-state index contributed by atoms with van der Waals surface area (Å²) in [6, 6.07) is 13.8. The fourth-order valence-corrected chi connectivity index (χ4v) is 4.11. The molecule has 0 amide bonds. The standard InChI is InChI=1S/C20H22ClNO4S/c1-3-25-18-6-4-5-15-13-19(26-20(15)18)14(2)22-11-12-27(23,24)17-9-7-16(21)8-10-17/h4-10,13-14,22H,3,11-12H2,1-2H3. The van der Waals surface area contributed by atoms with Crippen LogP contribution in [0.2, 0.25) is 5.02 Å². The van der Waals surface area contributed by atoms with Crippen LogP contribution in [0.25, 0.3) is 11.0 Å². The van der Waals surface area contributed by atoms with Crippen molar-refractivity contribution >= 4 is 32.4 Å². The van der Waals surface area contributed by atoms with Gasteiger partial charge in [0.1, 0.15) is 5.76 Å². The van der Waals surface area contributed by atoms with E-state index in [1.165, 1.54) is 12.1 Å². The summed E-state index contributed by atoms with van der Waals surface area (Å²) in [6.45, 7) is 4.73. The molecule has 0 aliphatic carbocycles. The van der Waals surface area contributed by atoms with Gasteiger partial charge in [-0.05, 0) is 50.2 Å². The van der Waals surface area contributed by atoms with Crippen LogP contribution < -0.4 is 10.1 Å². The summed E-state index contributed by atoms with van der Waals surface area (Å²) in [5, 5.41) is 4.68. The number of para-hydroxylation sites is 1. The number of nitrogens with one attached hydrogen (secondary N) is 1. The van der Waals surface area contributed by atoms with Gasteiger partial charge < -0.3 is 14.5 Å². The van der Waals surface area contributed by atoms with Gasteiger partial charge in [0.25, 0.3) is 0 Å². The van der Waals surface area contributed by atoms with Gasteiger partial charge in [0.15, 0.2) is 21.2 Å². The van der Waals surface area contributed by atoms with E-state index in [4.69, 9.17) is 20.8 Å². The van der Waals surface area contributed by atoms with Crippen molar-refractivity contribution in [1.29, 1.82) is 0 Å². The molecule has 0 spiro atoms. The number of sulfone groups is 1. The average molecular weight is 408 g/mol. The van der Waals surface area contributed by atoms with E-state index in [1.54, 1.807) is 12.1 Å². The van der Waals surface area contributed by atoms with E-state index in [-0.39, 0.29) is 16.7 Å². The van der Waals surface area contributed by atoms with Crippen LogP contribution in [0.3, 0.4) is 0 Å². The summed E-state index contributed by atoms with van der Waals surface area (Å²) < 4.78 is 36.3. The molecule has 5 nitrogen and oxygen atoms in total. The molecule has 1 heterocycles. The smallest absolute Gasteiger partial charge is 0.179 e. The first-order valence-electron chi connectivity index (χ1n) is 8.77. The molecule has 3 aromatic rings. The number of benzene rings is 2. The minimum atomic E-state index is -3.37. The third-order valence-corrected chi connectivity index (χ3v) is 6.23. The fraction of sp³-hybridized carbons (Fsp3) is 0.300. The zero-order chi connectivity index (χ0) is 19.4. The molecule has 1 unspecified atom stereocenters. The highest BCUT2D eigenvalue weighted by Crippen LogP contribution is 2.31. The number of furan rings is 1. The van der Waals surface area contributed by atoms with Crippen LogP contribution in [0.15, 0.2) is 57.8 Å². The Morgan fingerprint density at radius 2 is 1.93 bits per heavy atom. The molecule has 0 bridgehead atoms. The first-order valence-corrected chi connectivity index (χ1v) is 10.8. The predicted molar refractivity (Wildman–Crippen MR) is 107 cm³/mol. The van der Waals surface area contributed by atoms with Crippen molar-refractivity contribution in [2.75, 3.05) is 18.9 Å². The van der Waals surface area contributed by atoms with Gasteiger partial charge in [-0.25, -0.2) is 8.42 Å². The van der Waals surface area contributed by atoms with Gasteiger partial charge in [-0.2, -0.15) is 0 Å². The highest BCUT2D eigenvalue weighted by Gasteiger charge is 2.17. The Morgan fingerprint density at radius 1 is 1.19 bits per heavy atom. The van der Waals surface area contributed by atoms with Gasteiger partial charge in [0.2, 0.25) is 0 Å². The first kappa shape index (κ1) is 19.7. The van der Waals surface area contributed by atoms with E-state index in [9.17, 15) is 8.42 Å². The zero-order valence-electron chi connectivity index (χ0n) is 15.2. The van der Waals surface area contributed by atoms with Crippen molar-refractivity contribution in [3.05, 3.63) is 59.3 Å². The monoisotopic (exact) mass is 407 g/mol. The van der Waals surface area contributed by atoms with E-state index >= 15 is 0 Å². The molecule has 0 fully saturated rings. The molecule has 1 aromatic heterocycles. The normalized spacial score (nSPS) is 13.0. The third-order valence-electron chi connectivity index (χ3n) is 4.25. The van der Waals surface area contributed by atoms with E-state index < -0.39 is 9.84 Å². The van der Waals surface area contributed by atoms with Crippen LogP contribution in [0, 0.1) is 0 Å². The third kappa shape index (κ3) is 4.64. The predicted octanol–water partition coefficient (Wildman–Crippen LogP) is 4.61. The Labute approximate surface area is 164 Å². The van der Waals surface area contributed by atoms with Gasteiger partial charge >= 0.3 is 0 Å². The van der Waals surface area contributed by atoms with Gasteiger partial charge in [0.05, 0.1) is 23.3 Å². The lowest BCUT2D eigenvalue weighted by molar-refractivity contribution is 0.336. The maximum atomic E-state index is 12.4. The summed E-state index contributed by atoms with van der Waals surface area (Å²) in [7, 11) is -3.37. The zero-order valence-corrected chi connectivity index (χ0v) is 16.8. The maximum Gasteiger partial charge on any atom is 0.179 e. The van der Waals surface area contributed by atoms with E-state index in [1.807, 2.05) is 38.1 Å². The van der Waals surface area contributed by atoms with E-state index in [2.05, 4.69) is 5.32 Å². The second-order valence-corrected chi connectivity index (χ2v) is 8.75. The number of hydrogen-bond acceptors (Lipinski definition) is 5. The number of rotatable bonds is 8. The summed E-state index contributed by atoms with van der Waals surface area (Å²) in [6.07, 6.45) is 0. The number of ether oxygens (including phenoxy) is 1. The summed E-state index contributed by atoms with van der Waals surface area (Å²) >= 11 is 5.81. The molecule has 0 aliphatic rings. The largest absolute Gasteiger partial charge is 0.490 e. The molecule has 27 heavy (non-hydrogen) atoms. The topological polar surface area (TPSA) is 68.5 Å². The Kier molecular flexibility index (Phi) is 6.09. The Balaban J connectivity index is 1.65. The quantitative estimate of drug-likeness (QED) is 0.590. The molecule has 0 radical (unpaired) electrons. The number of hydrogen-bond donors (Lipinski definition) is 1. The van der Waals surface area contributed by atoms with Crippen molar-refractivity contribution in [1.82, 2.24) is 5.32 Å². The SMILES string of the molecule is CCOc1cccc2cc(C(C)NCCS(=O)(=O)c3ccc(Cl)cc3)oc12. The van der Waals surface area contributed by atoms with Gasteiger partial charge in [-0.1, -0.05) is 23.7 Å². The molecule has 1 N–H and O–H groups in total. The van der Waals surface area contributed by atoms with Crippen LogP contribution in [-0.4, -0.2) is 27.3 Å². The lowest BCUT2D eigenvalue weighted by Gasteiger charge is -2.11. The highest BCUT2D eigenvalue weighted by molar-refractivity contribution is 7.91. The first-order chi connectivity index (χ1) is 12.9. The molecule has 0 saturated carbocycles. The second-order valence-electron chi connectivity index (χ2n) is 6.20. The van der Waals surface area contributed by atoms with Gasteiger partial charge in [0, 0.05) is 17.0 Å². The molecular weight excluding hydrogens is 386 g/mol. The lowest BCUT2D eigenvalue weighted by atomic mass is 10.2. The van der Waals surface area contributed by atoms with Crippen LogP contribution in [0.5, 0.6) is 5.75 Å². The minimum absolute atomic E-state index is 0.0105. The van der Waals surface area contributed by atoms with Crippen LogP contribution in [-0.2, 0) is 9.84 Å². The Morgan fingerprint density at radius 3 is 2.63 bits per heavy atom. The van der Waals surface area contributed by atoms with Gasteiger partial charge in [-0.3, -0.25) is 0 Å². The van der Waals surface area contributed by atoms with Crippen LogP contribution in [0.1, 0.15) is 25.6 Å². The molecular formula is C20H22ClNO4S. The van der Waals surface area contributed by atoms with Crippen molar-refractivity contribution in [2.45, 2.75) is 24.8 Å². The lowest BCUT2D eigenvalue weighted by Crippen LogP contribution is -2.25. The summed E-state index contributed by atoms with van der Waals surface area (Å²) in [4.78, 5) is 0.270. The van der Waals surface area contributed by atoms with Crippen LogP contribution >= 0.6 is 11.6 Å². The van der Waals surface area contributed by atoms with Crippen molar-refractivity contribution < 1.29 is 17.6 Å². The van der Waals surface area contributed by atoms with E-state index in [0.29, 0.717) is 29.5 Å². The molecule has 7 heteroatoms. The van der Waals surface area contributed by atoms with Gasteiger partial charge in [-0.15, -0.1) is 0 Å². The molecule has 3 rings (SSSR count). The minimum Gasteiger partial charge on any atom is -0.490 e. The maximum absolute atomic E-state index is 12.4. The molecule has 2 aromatic carbocycles. The summed E-state index contributed by atoms with van der Waals surface area (Å²) in [5.41, 5.74) is 0.705. The van der Waals surface area contributed by atoms with Crippen molar-refractivity contribution in [3.63, 3.8) is 0 Å². The average Bonchev–Trinajstić information content (AvgIpc) is 3.07. The second kappa shape index (κ2) is 8.33. The Bertz CT molecular complexity index is 1010. The van der Waals surface area contributed by atoms with Crippen molar-refractivity contribution in [3.8, 4) is 5.75 Å². The molecule has 144 valence electrons. The number of halogens is 1. The van der Waals surface area contributed by atoms with Crippen molar-refractivity contribution in [2.24, 2.45) is 0 Å². The molecule has 0 aliphatic heterocycles. The summed E-state index contributed by atoms with van der Waals surface area (Å²) in [5.74, 6) is 1.43. The fourth-order valence-electron chi connectivity index (χ4n) is 2.81. The van der Waals surface area contributed by atoms with Crippen LogP contribution in [0.4, 0.5) is 0 Å².